The quantitative estimate of drug-likeness (QED) is 0.571. The summed E-state index contributed by atoms with van der Waals surface area (Å²) in [6, 6.07) is 6.38. The highest BCUT2D eigenvalue weighted by Gasteiger charge is 2.52. The SMILES string of the molecule is CC1(C)O[C@@H]2[C@H](O1)[C@@H](Nc1cncc(C(F)(F)F)n1)CO[C@@H]2CN1CCN(c2ccc(C(=O)O)cc2)CC1. The van der Waals surface area contributed by atoms with Crippen LogP contribution in [0.15, 0.2) is 36.7 Å². The zero-order valence-electron chi connectivity index (χ0n) is 21.0. The van der Waals surface area contributed by atoms with Crippen LogP contribution in [0, 0.1) is 0 Å². The van der Waals surface area contributed by atoms with Gasteiger partial charge >= 0.3 is 12.1 Å². The van der Waals surface area contributed by atoms with Gasteiger partial charge in [0, 0.05) is 38.4 Å². The van der Waals surface area contributed by atoms with E-state index >= 15 is 0 Å². The number of piperazine rings is 1. The molecule has 2 N–H and O–H groups in total. The van der Waals surface area contributed by atoms with Crippen molar-refractivity contribution in [3.63, 3.8) is 0 Å². The largest absolute Gasteiger partial charge is 0.478 e. The average molecular weight is 538 g/mol. The second kappa shape index (κ2) is 10.3. The van der Waals surface area contributed by atoms with Crippen LogP contribution in [0.3, 0.4) is 0 Å². The molecule has 2 aromatic rings. The lowest BCUT2D eigenvalue weighted by Crippen LogP contribution is -2.58. The van der Waals surface area contributed by atoms with E-state index in [0.29, 0.717) is 12.7 Å². The Morgan fingerprint density at radius 1 is 1.11 bits per heavy atom. The molecule has 1 aromatic carbocycles. The third-order valence-electron chi connectivity index (χ3n) is 6.96. The van der Waals surface area contributed by atoms with Crippen LogP contribution in [-0.2, 0) is 20.4 Å². The maximum atomic E-state index is 13.1. The van der Waals surface area contributed by atoms with E-state index in [0.717, 1.165) is 31.9 Å². The maximum Gasteiger partial charge on any atom is 0.434 e. The van der Waals surface area contributed by atoms with Crippen LogP contribution in [0.4, 0.5) is 24.7 Å². The van der Waals surface area contributed by atoms with Gasteiger partial charge in [-0.2, -0.15) is 13.2 Å². The zero-order chi connectivity index (χ0) is 27.1. The minimum Gasteiger partial charge on any atom is -0.478 e. The lowest BCUT2D eigenvalue weighted by atomic mass is 9.97. The van der Waals surface area contributed by atoms with Crippen LogP contribution in [-0.4, -0.2) is 95.4 Å². The maximum absolute atomic E-state index is 13.1. The summed E-state index contributed by atoms with van der Waals surface area (Å²) >= 11 is 0. The lowest BCUT2D eigenvalue weighted by Gasteiger charge is -2.42. The molecule has 38 heavy (non-hydrogen) atoms. The van der Waals surface area contributed by atoms with Crippen molar-refractivity contribution >= 4 is 17.5 Å². The number of carboxylic acid groups (broad SMARTS) is 1. The first-order valence-electron chi connectivity index (χ1n) is 12.4. The molecule has 0 bridgehead atoms. The number of anilines is 2. The number of aromatic carboxylic acids is 1. The standard InChI is InChI=1S/C25H30F3N5O5/c1-24(2)37-21-17(30-20-12-29-11-19(31-20)25(26,27)28)14-36-18(22(21)38-24)13-32-7-9-33(10-8-32)16-5-3-15(4-6-16)23(34)35/h3-6,11-12,17-18,21-22H,7-10,13-14H2,1-2H3,(H,30,31)(H,34,35)/t17-,18+,21+,22-/m0/s1. The van der Waals surface area contributed by atoms with Gasteiger partial charge in [0.05, 0.1) is 36.7 Å². The molecule has 3 aliphatic heterocycles. The number of hydrogen-bond acceptors (Lipinski definition) is 9. The molecule has 0 radical (unpaired) electrons. The summed E-state index contributed by atoms with van der Waals surface area (Å²) in [4.78, 5) is 22.9. The van der Waals surface area contributed by atoms with Crippen molar-refractivity contribution in [2.24, 2.45) is 0 Å². The fraction of sp³-hybridized carbons (Fsp3) is 0.560. The smallest absolute Gasteiger partial charge is 0.434 e. The molecule has 3 aliphatic rings. The lowest BCUT2D eigenvalue weighted by molar-refractivity contribution is -0.155. The molecule has 4 heterocycles. The number of nitrogens with zero attached hydrogens (tertiary/aromatic N) is 4. The van der Waals surface area contributed by atoms with Crippen molar-refractivity contribution in [2.75, 3.05) is 49.5 Å². The summed E-state index contributed by atoms with van der Waals surface area (Å²) in [5.74, 6) is -1.83. The number of hydrogen-bond donors (Lipinski definition) is 2. The predicted octanol–water partition coefficient (Wildman–Crippen LogP) is 2.72. The second-order valence-electron chi connectivity index (χ2n) is 10.1. The Morgan fingerprint density at radius 2 is 1.79 bits per heavy atom. The predicted molar refractivity (Wildman–Crippen MR) is 130 cm³/mol. The summed E-state index contributed by atoms with van der Waals surface area (Å²) in [5, 5.41) is 12.1. The summed E-state index contributed by atoms with van der Waals surface area (Å²) in [6.07, 6.45) is -3.82. The topological polar surface area (TPSA) is 109 Å². The number of carbonyl (C=O) groups is 1. The van der Waals surface area contributed by atoms with Gasteiger partial charge in [0.1, 0.15) is 18.0 Å². The monoisotopic (exact) mass is 537 g/mol. The van der Waals surface area contributed by atoms with Gasteiger partial charge < -0.3 is 29.5 Å². The van der Waals surface area contributed by atoms with Gasteiger partial charge in [0.2, 0.25) is 0 Å². The van der Waals surface area contributed by atoms with E-state index < -0.39 is 41.9 Å². The number of aromatic nitrogens is 2. The summed E-state index contributed by atoms with van der Waals surface area (Å²) in [5.41, 5.74) is 0.157. The Balaban J connectivity index is 1.20. The van der Waals surface area contributed by atoms with E-state index in [9.17, 15) is 18.0 Å². The molecule has 1 aromatic heterocycles. The van der Waals surface area contributed by atoms with Crippen molar-refractivity contribution in [3.05, 3.63) is 47.9 Å². The van der Waals surface area contributed by atoms with E-state index in [-0.39, 0.29) is 24.1 Å². The van der Waals surface area contributed by atoms with Gasteiger partial charge in [-0.25, -0.2) is 9.78 Å². The first-order valence-corrected chi connectivity index (χ1v) is 12.4. The van der Waals surface area contributed by atoms with Crippen molar-refractivity contribution in [3.8, 4) is 0 Å². The number of rotatable bonds is 6. The number of benzene rings is 1. The number of ether oxygens (including phenoxy) is 3. The molecular weight excluding hydrogens is 507 g/mol. The van der Waals surface area contributed by atoms with Crippen LogP contribution >= 0.6 is 0 Å². The van der Waals surface area contributed by atoms with Crippen molar-refractivity contribution in [1.29, 1.82) is 0 Å². The number of carboxylic acids is 1. The van der Waals surface area contributed by atoms with Crippen LogP contribution in [0.1, 0.15) is 29.9 Å². The van der Waals surface area contributed by atoms with E-state index in [2.05, 4.69) is 25.1 Å². The Labute approximate surface area is 217 Å². The number of nitrogens with one attached hydrogen (secondary N) is 1. The highest BCUT2D eigenvalue weighted by Crippen LogP contribution is 2.37. The van der Waals surface area contributed by atoms with Crippen molar-refractivity contribution in [2.45, 2.75) is 50.2 Å². The van der Waals surface area contributed by atoms with Gasteiger partial charge in [-0.3, -0.25) is 9.88 Å². The molecule has 0 aliphatic carbocycles. The fourth-order valence-electron chi connectivity index (χ4n) is 5.13. The first-order chi connectivity index (χ1) is 18.0. The molecule has 10 nitrogen and oxygen atoms in total. The Morgan fingerprint density at radius 3 is 2.45 bits per heavy atom. The van der Waals surface area contributed by atoms with E-state index in [1.165, 1.54) is 6.20 Å². The molecule has 0 spiro atoms. The number of alkyl halides is 3. The van der Waals surface area contributed by atoms with E-state index in [1.807, 2.05) is 12.1 Å². The van der Waals surface area contributed by atoms with E-state index in [4.69, 9.17) is 19.3 Å². The summed E-state index contributed by atoms with van der Waals surface area (Å²) < 4.78 is 57.7. The summed E-state index contributed by atoms with van der Waals surface area (Å²) in [7, 11) is 0. The Hall–Kier alpha value is -3.00. The molecule has 3 saturated heterocycles. The number of fused-ring (bicyclic) bond motifs is 1. The van der Waals surface area contributed by atoms with E-state index in [1.54, 1.807) is 26.0 Å². The molecule has 4 atom stereocenters. The van der Waals surface area contributed by atoms with Crippen LogP contribution in [0.25, 0.3) is 0 Å². The van der Waals surface area contributed by atoms with Crippen LogP contribution in [0.2, 0.25) is 0 Å². The molecule has 13 heteroatoms. The molecule has 3 fully saturated rings. The van der Waals surface area contributed by atoms with Gasteiger partial charge in [-0.1, -0.05) is 0 Å². The van der Waals surface area contributed by atoms with Gasteiger partial charge in [0.15, 0.2) is 11.5 Å². The first kappa shape index (κ1) is 26.6. The fourth-order valence-corrected chi connectivity index (χ4v) is 5.13. The third-order valence-corrected chi connectivity index (χ3v) is 6.96. The van der Waals surface area contributed by atoms with Gasteiger partial charge in [-0.15, -0.1) is 0 Å². The Bertz CT molecular complexity index is 1140. The van der Waals surface area contributed by atoms with Crippen molar-refractivity contribution < 1.29 is 37.3 Å². The molecule has 0 saturated carbocycles. The molecule has 0 amide bonds. The average Bonchev–Trinajstić information content (AvgIpc) is 3.21. The zero-order valence-corrected chi connectivity index (χ0v) is 21.0. The highest BCUT2D eigenvalue weighted by molar-refractivity contribution is 5.88. The normalized spacial score (nSPS) is 27.7. The second-order valence-corrected chi connectivity index (χ2v) is 10.1. The van der Waals surface area contributed by atoms with Crippen LogP contribution < -0.4 is 10.2 Å². The van der Waals surface area contributed by atoms with Gasteiger partial charge in [-0.05, 0) is 38.1 Å². The molecule has 0 unspecified atom stereocenters. The minimum absolute atomic E-state index is 0.00793. The van der Waals surface area contributed by atoms with Crippen LogP contribution in [0.5, 0.6) is 0 Å². The highest BCUT2D eigenvalue weighted by atomic mass is 19.4. The minimum atomic E-state index is -4.59. The summed E-state index contributed by atoms with van der Waals surface area (Å²) in [6.45, 7) is 7.54. The van der Waals surface area contributed by atoms with Crippen molar-refractivity contribution in [1.82, 2.24) is 14.9 Å². The molecular formula is C25H30F3N5O5. The number of halogens is 3. The Kier molecular flexibility index (Phi) is 7.20. The van der Waals surface area contributed by atoms with Gasteiger partial charge in [0.25, 0.3) is 0 Å². The molecule has 5 rings (SSSR count). The third kappa shape index (κ3) is 5.85. The molecule has 206 valence electrons.